The molecule has 0 aliphatic carbocycles. The Morgan fingerprint density at radius 3 is 2.89 bits per heavy atom. The van der Waals surface area contributed by atoms with Gasteiger partial charge in [-0.1, -0.05) is 0 Å². The Hall–Kier alpha value is -1.86. The number of aromatic nitrogens is 2. The topological polar surface area (TPSA) is 66.9 Å². The van der Waals surface area contributed by atoms with E-state index in [0.29, 0.717) is 13.0 Å². The molecule has 0 unspecified atom stereocenters. The fourth-order valence-electron chi connectivity index (χ4n) is 1.82. The summed E-state index contributed by atoms with van der Waals surface area (Å²) < 4.78 is 37.5. The van der Waals surface area contributed by atoms with Crippen molar-refractivity contribution >= 4 is 11.9 Å². The molecule has 19 heavy (non-hydrogen) atoms. The van der Waals surface area contributed by atoms with Crippen LogP contribution in [-0.4, -0.2) is 28.5 Å². The van der Waals surface area contributed by atoms with Crippen LogP contribution in [0.3, 0.4) is 0 Å². The molecule has 5 nitrogen and oxygen atoms in total. The van der Waals surface area contributed by atoms with Gasteiger partial charge < -0.3 is 10.6 Å². The van der Waals surface area contributed by atoms with Crippen LogP contribution < -0.4 is 10.6 Å². The van der Waals surface area contributed by atoms with Gasteiger partial charge in [0.25, 0.3) is 0 Å². The van der Waals surface area contributed by atoms with Crippen LogP contribution in [0.25, 0.3) is 0 Å². The van der Waals surface area contributed by atoms with Crippen LogP contribution in [0.5, 0.6) is 0 Å². The third-order valence-electron chi connectivity index (χ3n) is 2.78. The monoisotopic (exact) mass is 274 g/mol. The molecule has 0 saturated carbocycles. The molecule has 1 fully saturated rings. The van der Waals surface area contributed by atoms with E-state index in [-0.39, 0.29) is 11.9 Å². The smallest absolute Gasteiger partial charge is 0.354 e. The molecule has 1 aromatic rings. The zero-order chi connectivity index (χ0) is 13.9. The Morgan fingerprint density at radius 1 is 1.37 bits per heavy atom. The third-order valence-corrected chi connectivity index (χ3v) is 2.78. The van der Waals surface area contributed by atoms with Crippen LogP contribution in [0, 0.1) is 0 Å². The summed E-state index contributed by atoms with van der Waals surface area (Å²) in [5.74, 6) is -0.421. The molecule has 1 aliphatic rings. The minimum absolute atomic E-state index is 0.183. The van der Waals surface area contributed by atoms with Crippen molar-refractivity contribution in [2.75, 3.05) is 11.9 Å². The fourth-order valence-corrected chi connectivity index (χ4v) is 1.82. The van der Waals surface area contributed by atoms with Gasteiger partial charge in [-0.2, -0.15) is 13.2 Å². The molecular formula is C11H13F3N4O. The minimum atomic E-state index is -4.52. The summed E-state index contributed by atoms with van der Waals surface area (Å²) in [4.78, 5) is 18.7. The second-order valence-corrected chi connectivity index (χ2v) is 4.25. The molecule has 1 saturated heterocycles. The molecule has 2 rings (SSSR count). The highest BCUT2D eigenvalue weighted by atomic mass is 19.4. The Kier molecular flexibility index (Phi) is 3.87. The molecule has 1 aromatic heterocycles. The summed E-state index contributed by atoms with van der Waals surface area (Å²) >= 11 is 0. The zero-order valence-corrected chi connectivity index (χ0v) is 10.00. The molecule has 2 N–H and O–H groups in total. The second kappa shape index (κ2) is 5.41. The lowest BCUT2D eigenvalue weighted by atomic mass is 10.1. The van der Waals surface area contributed by atoms with Gasteiger partial charge in [0, 0.05) is 12.7 Å². The van der Waals surface area contributed by atoms with Gasteiger partial charge in [-0.3, -0.25) is 4.79 Å². The Labute approximate surface area is 107 Å². The number of nitrogens with one attached hydrogen (secondary N) is 2. The van der Waals surface area contributed by atoms with Gasteiger partial charge in [0.15, 0.2) is 0 Å². The van der Waals surface area contributed by atoms with E-state index in [1.54, 1.807) is 0 Å². The Bertz CT molecular complexity index is 463. The van der Waals surface area contributed by atoms with Crippen molar-refractivity contribution in [2.24, 2.45) is 0 Å². The van der Waals surface area contributed by atoms with E-state index < -0.39 is 17.9 Å². The van der Waals surface area contributed by atoms with Gasteiger partial charge >= 0.3 is 6.18 Å². The number of alkyl halides is 3. The second-order valence-electron chi connectivity index (χ2n) is 4.25. The van der Waals surface area contributed by atoms with Crippen LogP contribution in [0.1, 0.15) is 25.0 Å². The van der Waals surface area contributed by atoms with Gasteiger partial charge in [0.1, 0.15) is 11.7 Å². The highest BCUT2D eigenvalue weighted by Gasteiger charge is 2.33. The van der Waals surface area contributed by atoms with E-state index in [1.807, 2.05) is 0 Å². The molecule has 0 spiro atoms. The van der Waals surface area contributed by atoms with Crippen LogP contribution in [-0.2, 0) is 11.0 Å². The van der Waals surface area contributed by atoms with Crippen molar-refractivity contribution in [3.63, 3.8) is 0 Å². The van der Waals surface area contributed by atoms with Crippen molar-refractivity contribution in [1.29, 1.82) is 0 Å². The molecule has 1 aliphatic heterocycles. The Balaban J connectivity index is 2.12. The number of carbonyl (C=O) groups excluding carboxylic acids is 1. The lowest BCUT2D eigenvalue weighted by Gasteiger charge is -2.15. The van der Waals surface area contributed by atoms with Crippen molar-refractivity contribution in [1.82, 2.24) is 15.3 Å². The number of hydrogen-bond acceptors (Lipinski definition) is 4. The van der Waals surface area contributed by atoms with E-state index in [0.717, 1.165) is 25.1 Å². The van der Waals surface area contributed by atoms with Crippen molar-refractivity contribution in [3.05, 3.63) is 18.0 Å². The predicted molar refractivity (Wildman–Crippen MR) is 61.3 cm³/mol. The van der Waals surface area contributed by atoms with Gasteiger partial charge in [0.2, 0.25) is 11.9 Å². The number of anilines is 1. The van der Waals surface area contributed by atoms with Gasteiger partial charge in [-0.25, -0.2) is 9.97 Å². The quantitative estimate of drug-likeness (QED) is 0.859. The summed E-state index contributed by atoms with van der Waals surface area (Å²) in [7, 11) is 0. The maximum absolute atomic E-state index is 12.5. The van der Waals surface area contributed by atoms with E-state index in [9.17, 15) is 18.0 Å². The normalized spacial score (nSPS) is 20.6. The number of rotatable bonds is 2. The number of halogens is 3. The van der Waals surface area contributed by atoms with E-state index in [4.69, 9.17) is 0 Å². The van der Waals surface area contributed by atoms with Crippen molar-refractivity contribution in [3.8, 4) is 0 Å². The molecule has 2 heterocycles. The fraction of sp³-hybridized carbons (Fsp3) is 0.545. The highest BCUT2D eigenvalue weighted by molar-refractivity contribution is 5.84. The number of amides is 1. The lowest BCUT2D eigenvalue weighted by molar-refractivity contribution is -0.141. The molecule has 8 heteroatoms. The number of carbonyl (C=O) groups is 1. The molecule has 0 bridgehead atoms. The van der Waals surface area contributed by atoms with Crippen molar-refractivity contribution < 1.29 is 18.0 Å². The average Bonchev–Trinajstić information content (AvgIpc) is 2.54. The minimum Gasteiger partial charge on any atom is -0.354 e. The summed E-state index contributed by atoms with van der Waals surface area (Å²) in [6.45, 7) is 0.584. The first-order valence-electron chi connectivity index (χ1n) is 5.91. The number of hydrogen-bond donors (Lipinski definition) is 2. The van der Waals surface area contributed by atoms with Crippen molar-refractivity contribution in [2.45, 2.75) is 31.5 Å². The molecular weight excluding hydrogens is 261 g/mol. The van der Waals surface area contributed by atoms with E-state index >= 15 is 0 Å². The van der Waals surface area contributed by atoms with E-state index in [1.165, 1.54) is 0 Å². The molecule has 1 amide bonds. The van der Waals surface area contributed by atoms with Crippen LogP contribution in [0.15, 0.2) is 12.3 Å². The first kappa shape index (κ1) is 13.6. The van der Waals surface area contributed by atoms with Gasteiger partial charge in [-0.15, -0.1) is 0 Å². The maximum atomic E-state index is 12.5. The van der Waals surface area contributed by atoms with Gasteiger partial charge in [-0.05, 0) is 25.3 Å². The standard InChI is InChI=1S/C11H13F3N4O/c12-11(13,14)8-4-6-16-10(18-8)17-7-3-1-2-5-15-9(7)19/h4,6-7H,1-3,5H2,(H,15,19)(H,16,17,18)/t7-/m1/s1. The highest BCUT2D eigenvalue weighted by Crippen LogP contribution is 2.27. The Morgan fingerprint density at radius 2 is 2.16 bits per heavy atom. The molecule has 0 aromatic carbocycles. The SMILES string of the molecule is O=C1NCCCC[C@H]1Nc1nccc(C(F)(F)F)n1. The first-order valence-corrected chi connectivity index (χ1v) is 5.91. The van der Waals surface area contributed by atoms with E-state index in [2.05, 4.69) is 20.6 Å². The lowest BCUT2D eigenvalue weighted by Crippen LogP contribution is -2.38. The molecule has 0 radical (unpaired) electrons. The average molecular weight is 274 g/mol. The molecule has 104 valence electrons. The summed E-state index contributed by atoms with van der Waals surface area (Å²) in [6, 6.07) is 0.198. The zero-order valence-electron chi connectivity index (χ0n) is 10.00. The largest absolute Gasteiger partial charge is 0.433 e. The predicted octanol–water partition coefficient (Wildman–Crippen LogP) is 1.58. The number of nitrogens with zero attached hydrogens (tertiary/aromatic N) is 2. The summed E-state index contributed by atoms with van der Waals surface area (Å²) in [5, 5.41) is 5.33. The van der Waals surface area contributed by atoms with Crippen LogP contribution in [0.4, 0.5) is 19.1 Å². The third kappa shape index (κ3) is 3.55. The summed E-state index contributed by atoms with van der Waals surface area (Å²) in [6.07, 6.45) is -1.29. The van der Waals surface area contributed by atoms with Crippen LogP contribution in [0.2, 0.25) is 0 Å². The van der Waals surface area contributed by atoms with Gasteiger partial charge in [0.05, 0.1) is 0 Å². The molecule has 1 atom stereocenters. The summed E-state index contributed by atoms with van der Waals surface area (Å²) in [5.41, 5.74) is -1.03. The first-order chi connectivity index (χ1) is 8.97. The van der Waals surface area contributed by atoms with Crippen LogP contribution >= 0.6 is 0 Å². The maximum Gasteiger partial charge on any atom is 0.433 e.